The summed E-state index contributed by atoms with van der Waals surface area (Å²) in [6, 6.07) is 13.5. The van der Waals surface area contributed by atoms with Gasteiger partial charge in [0.1, 0.15) is 0 Å². The van der Waals surface area contributed by atoms with Crippen molar-refractivity contribution in [2.75, 3.05) is 0 Å². The zero-order valence-electron chi connectivity index (χ0n) is 12.7. The average Bonchev–Trinajstić information content (AvgIpc) is 2.36. The van der Waals surface area contributed by atoms with Crippen molar-refractivity contribution in [3.8, 4) is 0 Å². The molecule has 1 atom stereocenters. The van der Waals surface area contributed by atoms with Gasteiger partial charge in [-0.1, -0.05) is 54.4 Å². The molecule has 100 valence electrons. The summed E-state index contributed by atoms with van der Waals surface area (Å²) in [7, 11) is 0. The highest BCUT2D eigenvalue weighted by Crippen LogP contribution is 2.26. The molecule has 0 saturated heterocycles. The molecule has 2 aromatic carbocycles. The number of benzene rings is 2. The van der Waals surface area contributed by atoms with Crippen molar-refractivity contribution in [2.24, 2.45) is 0 Å². The topological polar surface area (TPSA) is 0 Å². The molecule has 0 heteroatoms. The van der Waals surface area contributed by atoms with Crippen LogP contribution in [0.2, 0.25) is 0 Å². The Labute approximate surface area is 117 Å². The molecule has 0 aliphatic rings. The molecule has 0 aromatic heterocycles. The van der Waals surface area contributed by atoms with Crippen LogP contribution in [0.15, 0.2) is 36.4 Å². The Kier molecular flexibility index (Phi) is 4.09. The van der Waals surface area contributed by atoms with Crippen LogP contribution < -0.4 is 0 Å². The molecular weight excluding hydrogens is 228 g/mol. The summed E-state index contributed by atoms with van der Waals surface area (Å²) >= 11 is 0. The number of hydrogen-bond acceptors (Lipinski definition) is 0. The molecule has 0 heterocycles. The molecule has 0 fully saturated rings. The van der Waals surface area contributed by atoms with Crippen molar-refractivity contribution < 1.29 is 0 Å². The van der Waals surface area contributed by atoms with Crippen LogP contribution in [-0.2, 0) is 6.42 Å². The van der Waals surface area contributed by atoms with Gasteiger partial charge in [-0.15, -0.1) is 0 Å². The van der Waals surface area contributed by atoms with Crippen molar-refractivity contribution in [3.63, 3.8) is 0 Å². The van der Waals surface area contributed by atoms with E-state index in [1.54, 1.807) is 0 Å². The van der Waals surface area contributed by atoms with Crippen LogP contribution in [0.1, 0.15) is 46.2 Å². The lowest BCUT2D eigenvalue weighted by atomic mass is 9.88. The fourth-order valence-corrected chi connectivity index (χ4v) is 2.75. The molecule has 0 spiro atoms. The molecule has 0 radical (unpaired) electrons. The quantitative estimate of drug-likeness (QED) is 0.698. The molecule has 0 N–H and O–H groups in total. The van der Waals surface area contributed by atoms with Crippen molar-refractivity contribution in [3.05, 3.63) is 69.8 Å². The van der Waals surface area contributed by atoms with Gasteiger partial charge in [0.15, 0.2) is 0 Å². The van der Waals surface area contributed by atoms with Crippen LogP contribution >= 0.6 is 0 Å². The van der Waals surface area contributed by atoms with Gasteiger partial charge in [0.2, 0.25) is 0 Å². The Bertz CT molecular complexity index is 579. The van der Waals surface area contributed by atoms with Gasteiger partial charge in [0, 0.05) is 0 Å². The van der Waals surface area contributed by atoms with Crippen molar-refractivity contribution in [1.82, 2.24) is 0 Å². The third-order valence-corrected chi connectivity index (χ3v) is 4.00. The number of hydrogen-bond donors (Lipinski definition) is 0. The molecule has 0 aliphatic carbocycles. The maximum absolute atomic E-state index is 2.34. The van der Waals surface area contributed by atoms with Gasteiger partial charge in [0.25, 0.3) is 0 Å². The van der Waals surface area contributed by atoms with Gasteiger partial charge in [-0.3, -0.25) is 0 Å². The maximum atomic E-state index is 2.34. The van der Waals surface area contributed by atoms with E-state index in [0.717, 1.165) is 6.42 Å². The van der Waals surface area contributed by atoms with E-state index in [0.29, 0.717) is 5.92 Å². The minimum Gasteiger partial charge on any atom is -0.0590 e. The summed E-state index contributed by atoms with van der Waals surface area (Å²) in [5, 5.41) is 0. The largest absolute Gasteiger partial charge is 0.0590 e. The molecular formula is C19H24. The highest BCUT2D eigenvalue weighted by atomic mass is 14.2. The zero-order chi connectivity index (χ0) is 14.0. The normalized spacial score (nSPS) is 12.5. The van der Waals surface area contributed by atoms with Crippen molar-refractivity contribution in [1.29, 1.82) is 0 Å². The molecule has 0 bridgehead atoms. The van der Waals surface area contributed by atoms with E-state index in [9.17, 15) is 0 Å². The van der Waals surface area contributed by atoms with E-state index in [4.69, 9.17) is 0 Å². The van der Waals surface area contributed by atoms with E-state index < -0.39 is 0 Å². The Morgan fingerprint density at radius 1 is 0.789 bits per heavy atom. The number of rotatable bonds is 3. The molecule has 1 unspecified atom stereocenters. The Morgan fingerprint density at radius 2 is 1.37 bits per heavy atom. The van der Waals surface area contributed by atoms with Crippen LogP contribution in [0.3, 0.4) is 0 Å². The lowest BCUT2D eigenvalue weighted by molar-refractivity contribution is 0.748. The van der Waals surface area contributed by atoms with Gasteiger partial charge in [-0.25, -0.2) is 0 Å². The van der Waals surface area contributed by atoms with Gasteiger partial charge in [-0.2, -0.15) is 0 Å². The smallest absolute Gasteiger partial charge is 0.0147 e. The second-order valence-electron chi connectivity index (χ2n) is 5.90. The first-order chi connectivity index (χ1) is 8.97. The second-order valence-corrected chi connectivity index (χ2v) is 5.90. The molecule has 19 heavy (non-hydrogen) atoms. The summed E-state index contributed by atoms with van der Waals surface area (Å²) in [5.74, 6) is 0.570. The van der Waals surface area contributed by atoms with E-state index in [-0.39, 0.29) is 0 Å². The van der Waals surface area contributed by atoms with Crippen molar-refractivity contribution >= 4 is 0 Å². The first-order valence-electron chi connectivity index (χ1n) is 7.10. The standard InChI is InChI=1S/C19H24/c1-13-6-8-15(3)18(10-13)12-17(5)19-11-14(2)7-9-16(19)4/h6-11,17H,12H2,1-5H3. The van der Waals surface area contributed by atoms with E-state index in [1.807, 2.05) is 0 Å². The summed E-state index contributed by atoms with van der Waals surface area (Å²) in [6.45, 7) is 11.1. The van der Waals surface area contributed by atoms with Crippen LogP contribution in [0, 0.1) is 27.7 Å². The van der Waals surface area contributed by atoms with Gasteiger partial charge in [0.05, 0.1) is 0 Å². The first-order valence-corrected chi connectivity index (χ1v) is 7.10. The zero-order valence-corrected chi connectivity index (χ0v) is 12.7. The average molecular weight is 252 g/mol. The van der Waals surface area contributed by atoms with Gasteiger partial charge in [-0.05, 0) is 62.3 Å². The minimum absolute atomic E-state index is 0.570. The van der Waals surface area contributed by atoms with Crippen LogP contribution in [0.5, 0.6) is 0 Å². The van der Waals surface area contributed by atoms with Crippen LogP contribution in [0.4, 0.5) is 0 Å². The third-order valence-electron chi connectivity index (χ3n) is 4.00. The molecule has 0 amide bonds. The van der Waals surface area contributed by atoms with Crippen LogP contribution in [0.25, 0.3) is 0 Å². The third kappa shape index (κ3) is 3.26. The highest BCUT2D eigenvalue weighted by molar-refractivity contribution is 5.36. The van der Waals surface area contributed by atoms with E-state index in [2.05, 4.69) is 71.0 Å². The summed E-state index contributed by atoms with van der Waals surface area (Å²) in [5.41, 5.74) is 8.49. The monoisotopic (exact) mass is 252 g/mol. The first kappa shape index (κ1) is 13.9. The van der Waals surface area contributed by atoms with Crippen LogP contribution in [-0.4, -0.2) is 0 Å². The lowest BCUT2D eigenvalue weighted by Gasteiger charge is -2.17. The fraction of sp³-hybridized carbons (Fsp3) is 0.368. The second kappa shape index (κ2) is 5.61. The van der Waals surface area contributed by atoms with E-state index in [1.165, 1.54) is 33.4 Å². The summed E-state index contributed by atoms with van der Waals surface area (Å²) < 4.78 is 0. The Morgan fingerprint density at radius 3 is 2.05 bits per heavy atom. The fourth-order valence-electron chi connectivity index (χ4n) is 2.75. The summed E-state index contributed by atoms with van der Waals surface area (Å²) in [6.07, 6.45) is 1.12. The highest BCUT2D eigenvalue weighted by Gasteiger charge is 2.11. The molecule has 0 saturated carbocycles. The van der Waals surface area contributed by atoms with Crippen molar-refractivity contribution in [2.45, 2.75) is 47.0 Å². The molecule has 2 rings (SSSR count). The summed E-state index contributed by atoms with van der Waals surface area (Å²) in [4.78, 5) is 0. The number of aryl methyl sites for hydroxylation is 4. The minimum atomic E-state index is 0.570. The van der Waals surface area contributed by atoms with E-state index >= 15 is 0 Å². The van der Waals surface area contributed by atoms with Gasteiger partial charge < -0.3 is 0 Å². The molecule has 0 nitrogen and oxygen atoms in total. The molecule has 2 aromatic rings. The maximum Gasteiger partial charge on any atom is -0.0147 e. The molecule has 0 aliphatic heterocycles. The lowest BCUT2D eigenvalue weighted by Crippen LogP contribution is -2.03. The Balaban J connectivity index is 2.27. The Hall–Kier alpha value is -1.56. The SMILES string of the molecule is Cc1ccc(C)c(CC(C)c2cc(C)ccc2C)c1. The van der Waals surface area contributed by atoms with Gasteiger partial charge >= 0.3 is 0 Å². The predicted molar refractivity (Wildman–Crippen MR) is 84.0 cm³/mol. The predicted octanol–water partition coefficient (Wildman–Crippen LogP) is 5.27.